The Morgan fingerprint density at radius 1 is 0.195 bits per heavy atom. The van der Waals surface area contributed by atoms with Crippen LogP contribution in [0.15, 0.2) is 0 Å². The lowest BCUT2D eigenvalue weighted by Gasteiger charge is -2.50. The van der Waals surface area contributed by atoms with Crippen molar-refractivity contribution in [2.45, 2.75) is 215 Å². The number of aliphatic hydroxyl groups excluding tert-OH is 20. The number of hydrogen-bond donors (Lipinski definition) is 20. The highest BCUT2D eigenvalue weighted by Crippen LogP contribution is 2.39. The molecule has 0 aliphatic carbocycles. The Kier molecular flexibility index (Phi) is 20.8. The molecule has 0 aromatic carbocycles. The standard InChI is InChI=1S/C42H69FO34/c43-1-8-29-15(50)22(57)36(64-8)72-30-9(2-44)66-38(24(59)17(30)52)74-32-11(4-46)68-40(26(61)19(32)54)76-34-13(6-48)70-42(28(63)21(34)56)77-35-14(7-49)69-41(27(62)20(35)55)75-33-12(5-47)67-39(25(60)18(33)53)73-31-10(3-45)65-37(71-29)23(58)16(31)51/h8-42,44-63H,1-7H2. The molecule has 21 saturated heterocycles. The molecule has 0 amide bonds. The molecule has 34 nitrogen and oxygen atoms in total. The molecule has 0 radical (unpaired) electrons. The Hall–Kier alpha value is -1.43. The van der Waals surface area contributed by atoms with Crippen LogP contribution in [-0.4, -0.2) is 363 Å². The minimum absolute atomic E-state index is 1.05. The van der Waals surface area contributed by atoms with E-state index in [1.54, 1.807) is 0 Å². The van der Waals surface area contributed by atoms with Crippen molar-refractivity contribution in [1.82, 2.24) is 0 Å². The zero-order chi connectivity index (χ0) is 56.1. The summed E-state index contributed by atoms with van der Waals surface area (Å²) < 4.78 is 93.8. The highest BCUT2D eigenvalue weighted by molar-refractivity contribution is 5.01. The van der Waals surface area contributed by atoms with Gasteiger partial charge in [-0.1, -0.05) is 0 Å². The molecular weight excluding hydrogens is 1070 g/mol. The van der Waals surface area contributed by atoms with Crippen molar-refractivity contribution in [3.63, 3.8) is 0 Å². The summed E-state index contributed by atoms with van der Waals surface area (Å²) in [6.45, 7) is -7.91. The first kappa shape index (κ1) is 61.6. The first-order chi connectivity index (χ1) is 36.7. The van der Waals surface area contributed by atoms with Crippen molar-refractivity contribution in [2.24, 2.45) is 0 Å². The topological polar surface area (TPSA) is 534 Å². The highest BCUT2D eigenvalue weighted by atomic mass is 19.1. The summed E-state index contributed by atoms with van der Waals surface area (Å²) in [6.07, 6.45) is -71.3. The maximum atomic E-state index is 14.8. The van der Waals surface area contributed by atoms with Gasteiger partial charge < -0.3 is 168 Å². The minimum atomic E-state index is -2.26. The summed E-state index contributed by atoms with van der Waals surface area (Å²) >= 11 is 0. The molecule has 14 bridgehead atoms. The second kappa shape index (κ2) is 26.0. The molecule has 0 aromatic rings. The van der Waals surface area contributed by atoms with Gasteiger partial charge in [-0.05, 0) is 0 Å². The van der Waals surface area contributed by atoms with Crippen LogP contribution in [0.3, 0.4) is 0 Å². The van der Waals surface area contributed by atoms with Crippen molar-refractivity contribution in [1.29, 1.82) is 0 Å². The molecule has 20 N–H and O–H groups in total. The number of hydrogen-bond acceptors (Lipinski definition) is 34. The van der Waals surface area contributed by atoms with E-state index in [-0.39, 0.29) is 0 Å². The first-order valence-electron chi connectivity index (χ1n) is 24.6. The molecule has 0 spiro atoms. The summed E-state index contributed by atoms with van der Waals surface area (Å²) in [5, 5.41) is 220. The number of aliphatic hydroxyl groups is 20. The van der Waals surface area contributed by atoms with Crippen molar-refractivity contribution in [3.8, 4) is 0 Å². The number of halogens is 1. The highest BCUT2D eigenvalue weighted by Gasteiger charge is 2.59. The van der Waals surface area contributed by atoms with Gasteiger partial charge in [0.1, 0.15) is 178 Å². The molecule has 21 aliphatic rings. The molecule has 35 heteroatoms. The third-order valence-corrected chi connectivity index (χ3v) is 14.8. The van der Waals surface area contributed by atoms with Gasteiger partial charge in [-0.3, -0.25) is 0 Å². The lowest BCUT2D eigenvalue weighted by atomic mass is 9.95. The van der Waals surface area contributed by atoms with Crippen LogP contribution in [0, 0.1) is 0 Å². The first-order valence-corrected chi connectivity index (χ1v) is 24.6. The van der Waals surface area contributed by atoms with E-state index < -0.39 is 261 Å². The fourth-order valence-corrected chi connectivity index (χ4v) is 10.4. The van der Waals surface area contributed by atoms with E-state index in [4.69, 9.17) is 66.3 Å². The molecule has 35 unspecified atom stereocenters. The van der Waals surface area contributed by atoms with Crippen molar-refractivity contribution in [3.05, 3.63) is 0 Å². The maximum absolute atomic E-state index is 14.8. The Morgan fingerprint density at radius 2 is 0.325 bits per heavy atom. The summed E-state index contributed by atoms with van der Waals surface area (Å²) in [4.78, 5) is 0. The zero-order valence-electron chi connectivity index (χ0n) is 40.2. The van der Waals surface area contributed by atoms with Gasteiger partial charge in [0.15, 0.2) is 44.0 Å². The summed E-state index contributed by atoms with van der Waals surface area (Å²) in [5.74, 6) is 0. The Morgan fingerprint density at radius 3 is 0.455 bits per heavy atom. The SMILES string of the molecule is OCC1OC2OC3C(CO)OC(OC4C(CO)OC(OC5C(CF)OC(OC6C(CO)OC(OC7C(CO)OC(OC8C(CO)OC(OC1C(O)C2O)C(O)C8O)C(O)C7O)C(O)C6O)C(O)C5O)C(O)C4O)C(O)C3O. The van der Waals surface area contributed by atoms with E-state index in [0.29, 0.717) is 0 Å². The lowest BCUT2D eigenvalue weighted by Crippen LogP contribution is -2.68. The normalized spacial score (nSPS) is 55.4. The smallest absolute Gasteiger partial charge is 0.187 e. The number of rotatable bonds is 7. The predicted molar refractivity (Wildman–Crippen MR) is 227 cm³/mol. The van der Waals surface area contributed by atoms with Gasteiger partial charge in [0.05, 0.1) is 39.6 Å². The zero-order valence-corrected chi connectivity index (χ0v) is 40.2. The van der Waals surface area contributed by atoms with Gasteiger partial charge in [-0.15, -0.1) is 0 Å². The molecule has 0 aromatic heterocycles. The van der Waals surface area contributed by atoms with E-state index >= 15 is 0 Å². The third kappa shape index (κ3) is 12.0. The monoisotopic (exact) mass is 1140 g/mol. The third-order valence-electron chi connectivity index (χ3n) is 14.8. The van der Waals surface area contributed by atoms with E-state index in [1.807, 2.05) is 0 Å². The fraction of sp³-hybridized carbons (Fsp3) is 1.00. The van der Waals surface area contributed by atoms with E-state index in [2.05, 4.69) is 0 Å². The van der Waals surface area contributed by atoms with Crippen LogP contribution in [0.1, 0.15) is 0 Å². The van der Waals surface area contributed by atoms with Gasteiger partial charge in [-0.25, -0.2) is 4.39 Å². The molecule has 77 heavy (non-hydrogen) atoms. The largest absolute Gasteiger partial charge is 0.394 e. The van der Waals surface area contributed by atoms with E-state index in [9.17, 15) is 107 Å². The number of alkyl halides is 1. The molecule has 21 heterocycles. The van der Waals surface area contributed by atoms with Crippen LogP contribution < -0.4 is 0 Å². The van der Waals surface area contributed by atoms with Crippen LogP contribution in [0.4, 0.5) is 4.39 Å². The second-order valence-electron chi connectivity index (χ2n) is 19.6. The van der Waals surface area contributed by atoms with Crippen molar-refractivity contribution in [2.75, 3.05) is 46.3 Å². The maximum Gasteiger partial charge on any atom is 0.187 e. The van der Waals surface area contributed by atoms with Crippen molar-refractivity contribution < 1.29 is 173 Å². The van der Waals surface area contributed by atoms with E-state index in [1.165, 1.54) is 0 Å². The van der Waals surface area contributed by atoms with Crippen LogP contribution in [-0.2, 0) is 66.3 Å². The molecule has 0 saturated carbocycles. The van der Waals surface area contributed by atoms with Crippen LogP contribution in [0.5, 0.6) is 0 Å². The van der Waals surface area contributed by atoms with E-state index in [0.717, 1.165) is 0 Å². The molecular formula is C42H69FO34. The quantitative estimate of drug-likeness (QED) is 0.113. The molecule has 35 atom stereocenters. The fourth-order valence-electron chi connectivity index (χ4n) is 10.4. The average Bonchev–Trinajstić information content (AvgIpc) is 3.47. The van der Waals surface area contributed by atoms with Gasteiger partial charge in [0.25, 0.3) is 0 Å². The molecule has 448 valence electrons. The van der Waals surface area contributed by atoms with Gasteiger partial charge in [0, 0.05) is 0 Å². The Labute approximate surface area is 433 Å². The average molecular weight is 1140 g/mol. The minimum Gasteiger partial charge on any atom is -0.394 e. The van der Waals surface area contributed by atoms with Gasteiger partial charge in [0.2, 0.25) is 0 Å². The van der Waals surface area contributed by atoms with Gasteiger partial charge >= 0.3 is 0 Å². The van der Waals surface area contributed by atoms with Crippen LogP contribution in [0.2, 0.25) is 0 Å². The summed E-state index contributed by atoms with van der Waals surface area (Å²) in [7, 11) is 0. The number of ether oxygens (including phenoxy) is 14. The van der Waals surface area contributed by atoms with Gasteiger partial charge in [-0.2, -0.15) is 0 Å². The molecule has 21 aliphatic heterocycles. The summed E-state index contributed by atoms with van der Waals surface area (Å²) in [6, 6.07) is 0. The molecule has 21 fully saturated rings. The Bertz CT molecular complexity index is 1470. The van der Waals surface area contributed by atoms with Crippen LogP contribution >= 0.6 is 0 Å². The van der Waals surface area contributed by atoms with Crippen molar-refractivity contribution >= 4 is 0 Å². The summed E-state index contributed by atoms with van der Waals surface area (Å²) in [5.41, 5.74) is 0. The predicted octanol–water partition coefficient (Wildman–Crippen LogP) is -14.3. The molecule has 21 rings (SSSR count). The Balaban J connectivity index is 1.08. The second-order valence-corrected chi connectivity index (χ2v) is 19.6. The lowest BCUT2D eigenvalue weighted by molar-refractivity contribution is -0.396. The van der Waals surface area contributed by atoms with Crippen LogP contribution in [0.25, 0.3) is 0 Å².